The van der Waals surface area contributed by atoms with Crippen LogP contribution in [0.25, 0.3) is 11.3 Å². The zero-order valence-electron chi connectivity index (χ0n) is 15.3. The highest BCUT2D eigenvalue weighted by molar-refractivity contribution is 5.79. The van der Waals surface area contributed by atoms with E-state index in [4.69, 9.17) is 4.52 Å². The van der Waals surface area contributed by atoms with Gasteiger partial charge in [-0.1, -0.05) is 71.4 Å². The highest BCUT2D eigenvalue weighted by atomic mass is 16.5. The zero-order valence-corrected chi connectivity index (χ0v) is 15.3. The van der Waals surface area contributed by atoms with Crippen LogP contribution in [0.2, 0.25) is 0 Å². The maximum absolute atomic E-state index is 5.50. The molecule has 0 aliphatic heterocycles. The monoisotopic (exact) mass is 369 g/mol. The maximum Gasteiger partial charge on any atom is 0.271 e. The van der Waals surface area contributed by atoms with Crippen molar-refractivity contribution in [3.63, 3.8) is 0 Å². The first-order valence-corrected chi connectivity index (χ1v) is 8.90. The van der Waals surface area contributed by atoms with E-state index >= 15 is 0 Å². The molecule has 0 aliphatic rings. The Morgan fingerprint density at radius 2 is 1.43 bits per heavy atom. The summed E-state index contributed by atoms with van der Waals surface area (Å²) in [5, 5.41) is 13.0. The van der Waals surface area contributed by atoms with E-state index in [1.807, 2.05) is 91.9 Å². The predicted octanol–water partition coefficient (Wildman–Crippen LogP) is 6.50. The Bertz CT molecular complexity index is 1060. The normalized spacial score (nSPS) is 10.9. The molecule has 0 fully saturated rings. The molecule has 0 aliphatic carbocycles. The van der Waals surface area contributed by atoms with Crippen molar-refractivity contribution in [1.29, 1.82) is 0 Å². The van der Waals surface area contributed by atoms with Crippen LogP contribution in [0.4, 0.5) is 22.9 Å². The van der Waals surface area contributed by atoms with E-state index in [1.165, 1.54) is 5.56 Å². The molecule has 1 aromatic heterocycles. The fraction of sp³-hybridized carbons (Fsp3) is 0.0455. The van der Waals surface area contributed by atoms with E-state index in [2.05, 4.69) is 26.2 Å². The highest BCUT2D eigenvalue weighted by Gasteiger charge is 2.17. The van der Waals surface area contributed by atoms with E-state index in [9.17, 15) is 0 Å². The molecule has 0 atom stereocenters. The molecule has 4 aromatic rings. The molecule has 28 heavy (non-hydrogen) atoms. The lowest BCUT2D eigenvalue weighted by Crippen LogP contribution is -2.07. The van der Waals surface area contributed by atoms with Crippen LogP contribution < -0.4 is 10.9 Å². The smallest absolute Gasteiger partial charge is 0.271 e. The quantitative estimate of drug-likeness (QED) is 0.300. The average molecular weight is 369 g/mol. The molecular weight excluding hydrogens is 350 g/mol. The summed E-state index contributed by atoms with van der Waals surface area (Å²) in [6.45, 7) is 2.03. The minimum absolute atomic E-state index is 0.388. The number of hydrazine groups is 1. The molecule has 1 heterocycles. The largest absolute Gasteiger partial charge is 0.334 e. The summed E-state index contributed by atoms with van der Waals surface area (Å²) in [6, 6.07) is 27.3. The van der Waals surface area contributed by atoms with Gasteiger partial charge in [-0.05, 0) is 31.2 Å². The van der Waals surface area contributed by atoms with E-state index in [-0.39, 0.29) is 0 Å². The predicted molar refractivity (Wildman–Crippen MR) is 111 cm³/mol. The van der Waals surface area contributed by atoms with Gasteiger partial charge in [-0.25, -0.2) is 0 Å². The first kappa shape index (κ1) is 17.5. The standard InChI is InChI=1S/C22H19N5O/c1-16-12-14-19(15-13-16)23-25-21-20(17-8-4-2-5-9-17)27-28-22(21)26-24-18-10-6-3-7-11-18/h2-15,24,26H,1H3. The number of anilines is 2. The lowest BCUT2D eigenvalue weighted by molar-refractivity contribution is 0.436. The van der Waals surface area contributed by atoms with Crippen LogP contribution in [-0.2, 0) is 0 Å². The number of rotatable bonds is 6. The molecule has 6 heteroatoms. The first-order valence-electron chi connectivity index (χ1n) is 8.90. The van der Waals surface area contributed by atoms with Gasteiger partial charge in [-0.3, -0.25) is 10.9 Å². The second-order valence-corrected chi connectivity index (χ2v) is 6.23. The number of azo groups is 1. The van der Waals surface area contributed by atoms with Crippen molar-refractivity contribution in [1.82, 2.24) is 5.16 Å². The lowest BCUT2D eigenvalue weighted by atomic mass is 10.1. The van der Waals surface area contributed by atoms with Gasteiger partial charge in [-0.15, -0.1) is 5.11 Å². The highest BCUT2D eigenvalue weighted by Crippen LogP contribution is 2.37. The summed E-state index contributed by atoms with van der Waals surface area (Å²) >= 11 is 0. The summed E-state index contributed by atoms with van der Waals surface area (Å²) in [6.07, 6.45) is 0. The van der Waals surface area contributed by atoms with Crippen molar-refractivity contribution < 1.29 is 4.52 Å². The van der Waals surface area contributed by atoms with Crippen molar-refractivity contribution >= 4 is 22.9 Å². The van der Waals surface area contributed by atoms with Gasteiger partial charge in [-0.2, -0.15) is 5.11 Å². The van der Waals surface area contributed by atoms with E-state index in [0.29, 0.717) is 17.3 Å². The van der Waals surface area contributed by atoms with Crippen molar-refractivity contribution in [3.8, 4) is 11.3 Å². The topological polar surface area (TPSA) is 74.8 Å². The van der Waals surface area contributed by atoms with Crippen LogP contribution in [-0.4, -0.2) is 5.16 Å². The number of nitrogens with zero attached hydrogens (tertiary/aromatic N) is 3. The van der Waals surface area contributed by atoms with E-state index in [1.54, 1.807) is 0 Å². The van der Waals surface area contributed by atoms with Crippen LogP contribution in [0.3, 0.4) is 0 Å². The number of aromatic nitrogens is 1. The van der Waals surface area contributed by atoms with Gasteiger partial charge in [0.05, 0.1) is 11.4 Å². The molecule has 3 aromatic carbocycles. The number of hydrogen-bond donors (Lipinski definition) is 2. The van der Waals surface area contributed by atoms with Crippen molar-refractivity contribution in [2.75, 3.05) is 10.9 Å². The Morgan fingerprint density at radius 1 is 0.750 bits per heavy atom. The summed E-state index contributed by atoms with van der Waals surface area (Å²) in [4.78, 5) is 0. The Balaban J connectivity index is 1.65. The molecule has 4 rings (SSSR count). The third-order valence-corrected chi connectivity index (χ3v) is 4.11. The molecule has 138 valence electrons. The molecule has 0 unspecified atom stereocenters. The van der Waals surface area contributed by atoms with Gasteiger partial charge >= 0.3 is 0 Å². The van der Waals surface area contributed by atoms with Gasteiger partial charge in [0.15, 0.2) is 5.69 Å². The van der Waals surface area contributed by atoms with Gasteiger partial charge in [0.25, 0.3) is 5.88 Å². The van der Waals surface area contributed by atoms with Gasteiger partial charge in [0.2, 0.25) is 0 Å². The molecule has 2 N–H and O–H groups in total. The van der Waals surface area contributed by atoms with E-state index in [0.717, 1.165) is 16.9 Å². The average Bonchev–Trinajstić information content (AvgIpc) is 3.16. The van der Waals surface area contributed by atoms with Crippen LogP contribution in [0.5, 0.6) is 0 Å². The lowest BCUT2D eigenvalue weighted by Gasteiger charge is -2.06. The summed E-state index contributed by atoms with van der Waals surface area (Å²) < 4.78 is 5.50. The summed E-state index contributed by atoms with van der Waals surface area (Å²) in [7, 11) is 0. The molecule has 0 spiro atoms. The Hall–Kier alpha value is -3.93. The first-order chi connectivity index (χ1) is 13.8. The second kappa shape index (κ2) is 8.18. The fourth-order valence-corrected chi connectivity index (χ4v) is 2.62. The number of benzene rings is 3. The molecule has 0 saturated carbocycles. The summed E-state index contributed by atoms with van der Waals surface area (Å²) in [5.41, 5.74) is 11.0. The fourth-order valence-electron chi connectivity index (χ4n) is 2.62. The van der Waals surface area contributed by atoms with Crippen LogP contribution in [0, 0.1) is 6.92 Å². The van der Waals surface area contributed by atoms with Crippen molar-refractivity contribution in [2.24, 2.45) is 10.2 Å². The van der Waals surface area contributed by atoms with E-state index < -0.39 is 0 Å². The Kier molecular flexibility index (Phi) is 5.11. The van der Waals surface area contributed by atoms with Gasteiger partial charge < -0.3 is 4.52 Å². The number of aryl methyl sites for hydroxylation is 1. The molecule has 0 saturated heterocycles. The zero-order chi connectivity index (χ0) is 19.2. The second-order valence-electron chi connectivity index (χ2n) is 6.23. The van der Waals surface area contributed by atoms with Crippen LogP contribution in [0.15, 0.2) is 99.7 Å². The third-order valence-electron chi connectivity index (χ3n) is 4.11. The molecule has 0 bridgehead atoms. The third kappa shape index (κ3) is 4.07. The minimum atomic E-state index is 0.388. The number of para-hydroxylation sites is 1. The molecule has 0 amide bonds. The van der Waals surface area contributed by atoms with Gasteiger partial charge in [0.1, 0.15) is 5.69 Å². The van der Waals surface area contributed by atoms with Gasteiger partial charge in [0, 0.05) is 5.56 Å². The van der Waals surface area contributed by atoms with Crippen molar-refractivity contribution in [3.05, 3.63) is 90.5 Å². The molecule has 0 radical (unpaired) electrons. The van der Waals surface area contributed by atoms with Crippen molar-refractivity contribution in [2.45, 2.75) is 6.92 Å². The number of nitrogens with one attached hydrogen (secondary N) is 2. The summed E-state index contributed by atoms with van der Waals surface area (Å²) in [5.74, 6) is 0.388. The molecular formula is C22H19N5O. The number of hydrogen-bond acceptors (Lipinski definition) is 6. The minimum Gasteiger partial charge on any atom is -0.334 e. The Labute approximate surface area is 162 Å². The van der Waals surface area contributed by atoms with Crippen LogP contribution >= 0.6 is 0 Å². The Morgan fingerprint density at radius 3 is 2.14 bits per heavy atom. The van der Waals surface area contributed by atoms with Crippen LogP contribution in [0.1, 0.15) is 5.56 Å². The maximum atomic E-state index is 5.50. The SMILES string of the molecule is Cc1ccc(N=Nc2c(-c3ccccc3)noc2NNc2ccccc2)cc1. The molecule has 6 nitrogen and oxygen atoms in total.